The molecule has 0 bridgehead atoms. The van der Waals surface area contributed by atoms with Crippen LogP contribution in [0.3, 0.4) is 0 Å². The van der Waals surface area contributed by atoms with Crippen LogP contribution < -0.4 is 0 Å². The normalized spacial score (nSPS) is 10.3. The molecule has 0 N–H and O–H groups in total. The number of methoxy groups -OCH3 is 1. The van der Waals surface area contributed by atoms with Gasteiger partial charge in [-0.3, -0.25) is 0 Å². The third-order valence-electron chi connectivity index (χ3n) is 2.51. The van der Waals surface area contributed by atoms with Gasteiger partial charge in [0.2, 0.25) is 0 Å². The topological polar surface area (TPSA) is 39.2 Å². The van der Waals surface area contributed by atoms with Gasteiger partial charge in [0.25, 0.3) is 0 Å². The molecule has 1 aromatic carbocycles. The zero-order valence-electron chi connectivity index (χ0n) is 9.78. The fraction of sp³-hybridized carbons (Fsp3) is 0.0769. The molecule has 0 aliphatic heterocycles. The number of carbonyl (C=O) groups excluding carboxylic acids is 1. The molecule has 0 amide bonds. The second kappa shape index (κ2) is 5.78. The van der Waals surface area contributed by atoms with Crippen LogP contribution in [0.5, 0.6) is 0 Å². The van der Waals surface area contributed by atoms with Crippen molar-refractivity contribution in [3.8, 4) is 11.1 Å². The number of esters is 1. The minimum Gasteiger partial charge on any atom is -0.465 e. The predicted octanol–water partition coefficient (Wildman–Crippen LogP) is 4.50. The third kappa shape index (κ3) is 2.84. The van der Waals surface area contributed by atoms with Crippen molar-refractivity contribution in [1.82, 2.24) is 4.98 Å². The number of nitrogens with zero attached hydrogens (tertiary/aromatic N) is 1. The Morgan fingerprint density at radius 1 is 1.21 bits per heavy atom. The summed E-state index contributed by atoms with van der Waals surface area (Å²) in [6.45, 7) is 0. The van der Waals surface area contributed by atoms with Crippen LogP contribution in [0.1, 0.15) is 10.4 Å². The summed E-state index contributed by atoms with van der Waals surface area (Å²) in [5.41, 5.74) is 1.30. The molecule has 98 valence electrons. The summed E-state index contributed by atoms with van der Waals surface area (Å²) in [5, 5.41) is 1.05. The molecule has 0 saturated heterocycles. The van der Waals surface area contributed by atoms with Crippen LogP contribution in [0.15, 0.2) is 30.5 Å². The second-order valence-electron chi connectivity index (χ2n) is 3.64. The van der Waals surface area contributed by atoms with E-state index in [9.17, 15) is 4.79 Å². The Balaban J connectivity index is 2.70. The van der Waals surface area contributed by atoms with Crippen LogP contribution in [0, 0.1) is 0 Å². The lowest BCUT2D eigenvalue weighted by Crippen LogP contribution is -2.05. The number of aromatic nitrogens is 1. The van der Waals surface area contributed by atoms with Crippen LogP contribution >= 0.6 is 34.8 Å². The van der Waals surface area contributed by atoms with Crippen molar-refractivity contribution in [1.29, 1.82) is 0 Å². The van der Waals surface area contributed by atoms with Gasteiger partial charge < -0.3 is 4.74 Å². The van der Waals surface area contributed by atoms with E-state index in [4.69, 9.17) is 39.5 Å². The van der Waals surface area contributed by atoms with Crippen LogP contribution in [0.25, 0.3) is 11.1 Å². The molecule has 0 fully saturated rings. The van der Waals surface area contributed by atoms with E-state index in [2.05, 4.69) is 4.98 Å². The molecule has 0 radical (unpaired) electrons. The zero-order valence-corrected chi connectivity index (χ0v) is 12.1. The number of ether oxygens (including phenoxy) is 1. The van der Waals surface area contributed by atoms with Crippen molar-refractivity contribution in [2.75, 3.05) is 7.11 Å². The fourth-order valence-corrected chi connectivity index (χ4v) is 2.43. The van der Waals surface area contributed by atoms with Crippen LogP contribution in [-0.4, -0.2) is 18.1 Å². The molecule has 6 heteroatoms. The first kappa shape index (κ1) is 14.1. The maximum Gasteiger partial charge on any atom is 0.338 e. The molecule has 2 aromatic rings. The molecular formula is C13H8Cl3NO2. The monoisotopic (exact) mass is 315 g/mol. The van der Waals surface area contributed by atoms with E-state index >= 15 is 0 Å². The van der Waals surface area contributed by atoms with Crippen molar-refractivity contribution in [3.63, 3.8) is 0 Å². The summed E-state index contributed by atoms with van der Waals surface area (Å²) in [6, 6.07) is 6.44. The standard InChI is InChI=1S/C13H8Cl3NO2/c1-19-13(18)9-4-5-17-12(16)11(9)8-3-2-7(14)6-10(8)15/h2-6H,1H3. The summed E-state index contributed by atoms with van der Waals surface area (Å²) >= 11 is 18.0. The van der Waals surface area contributed by atoms with E-state index in [1.807, 2.05) is 0 Å². The van der Waals surface area contributed by atoms with Crippen molar-refractivity contribution in [2.24, 2.45) is 0 Å². The van der Waals surface area contributed by atoms with Gasteiger partial charge in [-0.25, -0.2) is 9.78 Å². The van der Waals surface area contributed by atoms with Gasteiger partial charge in [-0.2, -0.15) is 0 Å². The number of hydrogen-bond donors (Lipinski definition) is 0. The lowest BCUT2D eigenvalue weighted by Gasteiger charge is -2.11. The molecule has 0 unspecified atom stereocenters. The SMILES string of the molecule is COC(=O)c1ccnc(Cl)c1-c1ccc(Cl)cc1Cl. The Morgan fingerprint density at radius 2 is 1.95 bits per heavy atom. The van der Waals surface area contributed by atoms with Gasteiger partial charge in [0, 0.05) is 22.3 Å². The Morgan fingerprint density at radius 3 is 2.58 bits per heavy atom. The van der Waals surface area contributed by atoms with Crippen molar-refractivity contribution in [2.45, 2.75) is 0 Å². The first-order chi connectivity index (χ1) is 9.04. The highest BCUT2D eigenvalue weighted by Crippen LogP contribution is 2.36. The van der Waals surface area contributed by atoms with E-state index < -0.39 is 5.97 Å². The van der Waals surface area contributed by atoms with E-state index in [0.717, 1.165) is 0 Å². The second-order valence-corrected chi connectivity index (χ2v) is 4.84. The zero-order chi connectivity index (χ0) is 14.0. The molecule has 0 saturated carbocycles. The average molecular weight is 317 g/mol. The molecule has 0 aliphatic rings. The molecule has 0 spiro atoms. The summed E-state index contributed by atoms with van der Waals surface area (Å²) in [7, 11) is 1.30. The third-order valence-corrected chi connectivity index (χ3v) is 3.34. The lowest BCUT2D eigenvalue weighted by atomic mass is 10.0. The summed E-state index contributed by atoms with van der Waals surface area (Å²) < 4.78 is 4.72. The van der Waals surface area contributed by atoms with Gasteiger partial charge >= 0.3 is 5.97 Å². The van der Waals surface area contributed by atoms with Gasteiger partial charge in [-0.05, 0) is 18.2 Å². The Bertz CT molecular complexity index is 644. The highest BCUT2D eigenvalue weighted by atomic mass is 35.5. The molecule has 0 aliphatic carbocycles. The maximum absolute atomic E-state index is 11.8. The maximum atomic E-state index is 11.8. The molecule has 2 rings (SSSR count). The summed E-state index contributed by atoms with van der Waals surface area (Å²) in [4.78, 5) is 15.7. The number of rotatable bonds is 2. The van der Waals surface area contributed by atoms with Crippen LogP contribution in [0.2, 0.25) is 15.2 Å². The first-order valence-corrected chi connectivity index (χ1v) is 6.36. The molecule has 3 nitrogen and oxygen atoms in total. The van der Waals surface area contributed by atoms with E-state index in [0.29, 0.717) is 26.7 Å². The molecule has 0 atom stereocenters. The van der Waals surface area contributed by atoms with Gasteiger partial charge in [-0.1, -0.05) is 40.9 Å². The quantitative estimate of drug-likeness (QED) is 0.605. The predicted molar refractivity (Wildman–Crippen MR) is 76.0 cm³/mol. The van der Waals surface area contributed by atoms with E-state index in [1.54, 1.807) is 18.2 Å². The summed E-state index contributed by atoms with van der Waals surface area (Å²) in [6.07, 6.45) is 1.43. The molecule has 19 heavy (non-hydrogen) atoms. The summed E-state index contributed by atoms with van der Waals surface area (Å²) in [5.74, 6) is -0.509. The van der Waals surface area contributed by atoms with E-state index in [-0.39, 0.29) is 5.15 Å². The van der Waals surface area contributed by atoms with Crippen LogP contribution in [0.4, 0.5) is 0 Å². The number of hydrogen-bond acceptors (Lipinski definition) is 3. The highest BCUT2D eigenvalue weighted by molar-refractivity contribution is 6.38. The smallest absolute Gasteiger partial charge is 0.338 e. The van der Waals surface area contributed by atoms with Crippen molar-refractivity contribution in [3.05, 3.63) is 51.2 Å². The first-order valence-electron chi connectivity index (χ1n) is 5.23. The fourth-order valence-electron chi connectivity index (χ4n) is 1.66. The largest absolute Gasteiger partial charge is 0.465 e. The van der Waals surface area contributed by atoms with E-state index in [1.165, 1.54) is 19.4 Å². The number of carbonyl (C=O) groups is 1. The highest BCUT2D eigenvalue weighted by Gasteiger charge is 2.19. The van der Waals surface area contributed by atoms with Gasteiger partial charge in [0.15, 0.2) is 0 Å². The van der Waals surface area contributed by atoms with Gasteiger partial charge in [0.1, 0.15) is 5.15 Å². The molecule has 1 heterocycles. The van der Waals surface area contributed by atoms with Crippen molar-refractivity contribution >= 4 is 40.8 Å². The molecular weight excluding hydrogens is 309 g/mol. The Kier molecular flexibility index (Phi) is 4.30. The number of halogens is 3. The number of benzene rings is 1. The minimum atomic E-state index is -0.509. The Labute approximate surface area is 125 Å². The van der Waals surface area contributed by atoms with Gasteiger partial charge in [0.05, 0.1) is 17.7 Å². The van der Waals surface area contributed by atoms with Gasteiger partial charge in [-0.15, -0.1) is 0 Å². The average Bonchev–Trinajstić information content (AvgIpc) is 2.38. The number of pyridine rings is 1. The lowest BCUT2D eigenvalue weighted by molar-refractivity contribution is 0.0601. The molecule has 1 aromatic heterocycles. The van der Waals surface area contributed by atoms with Crippen LogP contribution in [-0.2, 0) is 4.74 Å². The Hall–Kier alpha value is -1.29. The minimum absolute atomic E-state index is 0.173. The van der Waals surface area contributed by atoms with Crippen molar-refractivity contribution < 1.29 is 9.53 Å².